The van der Waals surface area contributed by atoms with Crippen LogP contribution in [0.2, 0.25) is 0 Å². The molecule has 4 heavy (non-hydrogen) atoms. The van der Waals surface area contributed by atoms with E-state index in [1.165, 1.54) is 0 Å². The summed E-state index contributed by atoms with van der Waals surface area (Å²) in [6.07, 6.45) is 0. The maximum atomic E-state index is 8.06. The second-order valence-electron chi connectivity index (χ2n) is 0. The van der Waals surface area contributed by atoms with Crippen molar-refractivity contribution in [2.24, 2.45) is 0 Å². The standard InChI is InChI=1S/Co.Mg.Mn.O.2H/q;+2;;;2*-1. The van der Waals surface area contributed by atoms with Gasteiger partial charge in [-0.25, -0.2) is 0 Å². The van der Waals surface area contributed by atoms with Crippen molar-refractivity contribution in [2.45, 2.75) is 0 Å². The van der Waals surface area contributed by atoms with Gasteiger partial charge in [0, 0.05) is 16.8 Å². The van der Waals surface area contributed by atoms with Crippen molar-refractivity contribution in [3.63, 3.8) is 0 Å². The van der Waals surface area contributed by atoms with E-state index < -0.39 is 0 Å². The molecule has 0 aromatic heterocycles. The van der Waals surface area contributed by atoms with Crippen molar-refractivity contribution in [1.29, 1.82) is 0 Å². The summed E-state index contributed by atoms with van der Waals surface area (Å²) < 4.78 is 8.06. The van der Waals surface area contributed by atoms with Gasteiger partial charge in [-0.3, -0.25) is 0 Å². The summed E-state index contributed by atoms with van der Waals surface area (Å²) in [6, 6.07) is 0. The zero-order chi connectivity index (χ0) is 2.00. The summed E-state index contributed by atoms with van der Waals surface area (Å²) in [5.74, 6) is 0. The Morgan fingerprint density at radius 1 is 1.50 bits per heavy atom. The van der Waals surface area contributed by atoms with Crippen molar-refractivity contribution in [1.82, 2.24) is 0 Å². The third-order valence-corrected chi connectivity index (χ3v) is 0. The van der Waals surface area contributed by atoms with E-state index in [2.05, 4.69) is 0 Å². The normalized spacial score (nSPS) is 1.00. The van der Waals surface area contributed by atoms with E-state index in [0.717, 1.165) is 0 Å². The number of hydrogen-bond acceptors (Lipinski definition) is 1. The first-order valence-corrected chi connectivity index (χ1v) is 0.636. The van der Waals surface area contributed by atoms with Gasteiger partial charge in [0.2, 0.25) is 0 Å². The van der Waals surface area contributed by atoms with Gasteiger partial charge in [0.25, 0.3) is 0 Å². The molecule has 0 heterocycles. The van der Waals surface area contributed by atoms with E-state index in [0.29, 0.717) is 0 Å². The predicted octanol–water partition coefficient (Wildman–Crippen LogP) is -0.280. The zero-order valence-corrected chi connectivity index (χ0v) is 5.46. The van der Waals surface area contributed by atoms with Crippen LogP contribution >= 0.6 is 0 Å². The van der Waals surface area contributed by atoms with Crippen LogP contribution in [0.1, 0.15) is 2.85 Å². The molecular formula is H2CoMgMnO. The summed E-state index contributed by atoms with van der Waals surface area (Å²) in [6.45, 7) is 0. The second-order valence-corrected chi connectivity index (χ2v) is 0. The van der Waals surface area contributed by atoms with Gasteiger partial charge >= 0.3 is 42.8 Å². The molecule has 0 aliphatic carbocycles. The molecular weight excluding hydrogens is 154 g/mol. The van der Waals surface area contributed by atoms with Crippen LogP contribution in [0.15, 0.2) is 0 Å². The summed E-state index contributed by atoms with van der Waals surface area (Å²) in [7, 11) is 0. The van der Waals surface area contributed by atoms with E-state index >= 15 is 0 Å². The topological polar surface area (TPSA) is 17.1 Å². The molecule has 0 atom stereocenters. The molecule has 0 aliphatic heterocycles. The molecule has 0 aromatic rings. The monoisotopic (exact) mass is 156 g/mol. The first kappa shape index (κ1) is 17.6. The number of hydrogen-bond donors (Lipinski definition) is 0. The Kier molecular flexibility index (Phi) is 103. The third-order valence-electron chi connectivity index (χ3n) is 0. The molecule has 0 unspecified atom stereocenters. The van der Waals surface area contributed by atoms with E-state index in [1.54, 1.807) is 15.9 Å². The van der Waals surface area contributed by atoms with E-state index in [1.807, 2.05) is 0 Å². The maximum absolute atomic E-state index is 8.06. The minimum absolute atomic E-state index is 0. The van der Waals surface area contributed by atoms with Gasteiger partial charge in [-0.05, 0) is 0 Å². The van der Waals surface area contributed by atoms with Crippen LogP contribution in [0.3, 0.4) is 0 Å². The van der Waals surface area contributed by atoms with Crippen LogP contribution in [0.25, 0.3) is 0 Å². The summed E-state index contributed by atoms with van der Waals surface area (Å²) >= 11 is 1.69. The molecule has 0 aromatic carbocycles. The molecule has 0 saturated heterocycles. The zero-order valence-electron chi connectivity index (χ0n) is 3.83. The van der Waals surface area contributed by atoms with E-state index in [4.69, 9.17) is 3.83 Å². The Morgan fingerprint density at radius 2 is 1.50 bits per heavy atom. The Balaban J connectivity index is -0.000000000833. The second kappa shape index (κ2) is 23.4. The Labute approximate surface area is 62.2 Å². The molecule has 0 rings (SSSR count). The van der Waals surface area contributed by atoms with Crippen molar-refractivity contribution in [3.05, 3.63) is 0 Å². The minimum atomic E-state index is 0. The van der Waals surface area contributed by atoms with Crippen LogP contribution in [-0.4, -0.2) is 23.1 Å². The molecule has 1 nitrogen and oxygen atoms in total. The Morgan fingerprint density at radius 3 is 1.50 bits per heavy atom. The molecule has 0 fully saturated rings. The Hall–Kier alpha value is 1.59. The van der Waals surface area contributed by atoms with Crippen LogP contribution in [0.4, 0.5) is 0 Å². The van der Waals surface area contributed by atoms with E-state index in [-0.39, 0.29) is 42.7 Å². The summed E-state index contributed by atoms with van der Waals surface area (Å²) in [5, 5.41) is 0. The van der Waals surface area contributed by atoms with E-state index in [9.17, 15) is 0 Å². The van der Waals surface area contributed by atoms with Crippen LogP contribution in [0.5, 0.6) is 0 Å². The fourth-order valence-corrected chi connectivity index (χ4v) is 0. The molecule has 0 aliphatic rings. The first-order valence-electron chi connectivity index (χ1n) is 0.154. The quantitative estimate of drug-likeness (QED) is 0.441. The fourth-order valence-electron chi connectivity index (χ4n) is 0. The first-order chi connectivity index (χ1) is 1.00. The van der Waals surface area contributed by atoms with Crippen molar-refractivity contribution in [3.8, 4) is 0 Å². The van der Waals surface area contributed by atoms with Gasteiger partial charge in [-0.15, -0.1) is 0 Å². The summed E-state index contributed by atoms with van der Waals surface area (Å²) in [5.41, 5.74) is 0. The van der Waals surface area contributed by atoms with Gasteiger partial charge in [0.1, 0.15) is 0 Å². The molecule has 0 N–H and O–H groups in total. The fraction of sp³-hybridized carbons (Fsp3) is 0. The van der Waals surface area contributed by atoms with Gasteiger partial charge in [0.05, 0.1) is 0 Å². The third kappa shape index (κ3) is 9.52. The van der Waals surface area contributed by atoms with Crippen molar-refractivity contribution >= 4 is 23.1 Å². The molecule has 0 spiro atoms. The van der Waals surface area contributed by atoms with Crippen LogP contribution in [0, 0.1) is 0 Å². The van der Waals surface area contributed by atoms with Crippen LogP contribution < -0.4 is 0 Å². The van der Waals surface area contributed by atoms with Gasteiger partial charge in [-0.2, -0.15) is 0 Å². The van der Waals surface area contributed by atoms with Crippen molar-refractivity contribution < 1.29 is 39.4 Å². The predicted molar refractivity (Wildman–Crippen MR) is 8.66 cm³/mol. The molecule has 0 bridgehead atoms. The molecule has 0 amide bonds. The summed E-state index contributed by atoms with van der Waals surface area (Å²) in [4.78, 5) is 0. The molecule has 26 valence electrons. The van der Waals surface area contributed by atoms with Gasteiger partial charge in [-0.1, -0.05) is 0 Å². The Bertz CT molecular complexity index is 13.5. The van der Waals surface area contributed by atoms with Gasteiger partial charge in [0.15, 0.2) is 0 Å². The molecule has 0 saturated carbocycles. The van der Waals surface area contributed by atoms with Crippen LogP contribution in [-0.2, 0) is 36.6 Å². The molecule has 4 heteroatoms. The average molecular weight is 156 g/mol. The molecule has 1 radical (unpaired) electrons. The number of rotatable bonds is 0. The van der Waals surface area contributed by atoms with Gasteiger partial charge < -0.3 is 2.85 Å². The average Bonchev–Trinajstić information content (AvgIpc) is 1.00. The SMILES string of the molecule is [Co].[H-].[H-].[Mg+2].[O]=[Mn]. The van der Waals surface area contributed by atoms with Crippen molar-refractivity contribution in [2.75, 3.05) is 0 Å².